The third kappa shape index (κ3) is 1.56. The minimum absolute atomic E-state index is 0.443. The average molecular weight is 226 g/mol. The normalized spacial score (nSPS) is 43.6. The van der Waals surface area contributed by atoms with Gasteiger partial charge in [-0.25, -0.2) is 0 Å². The Kier molecular flexibility index (Phi) is 2.82. The van der Waals surface area contributed by atoms with Crippen LogP contribution in [0.25, 0.3) is 0 Å². The van der Waals surface area contributed by atoms with E-state index in [1.165, 1.54) is 0 Å². The van der Waals surface area contributed by atoms with E-state index in [0.29, 0.717) is 0 Å². The summed E-state index contributed by atoms with van der Waals surface area (Å²) in [7, 11) is 0. The van der Waals surface area contributed by atoms with Crippen molar-refractivity contribution in [3.8, 4) is 0 Å². The number of ketones is 1. The summed E-state index contributed by atoms with van der Waals surface area (Å²) in [6, 6.07) is 0. The third-order valence-electron chi connectivity index (χ3n) is 2.95. The van der Waals surface area contributed by atoms with E-state index in [4.69, 9.17) is 9.47 Å². The van der Waals surface area contributed by atoms with Crippen LogP contribution in [-0.2, 0) is 19.1 Å². The molecule has 2 aliphatic heterocycles. The molecule has 2 rings (SSSR count). The van der Waals surface area contributed by atoms with Crippen molar-refractivity contribution in [2.75, 3.05) is 0 Å². The molecule has 0 radical (unpaired) electrons. The van der Waals surface area contributed by atoms with Gasteiger partial charge in [-0.3, -0.25) is 9.59 Å². The molecule has 0 bridgehead atoms. The number of rotatable bonds is 1. The van der Waals surface area contributed by atoms with Crippen LogP contribution in [0, 0.1) is 5.92 Å². The van der Waals surface area contributed by atoms with Crippen LogP contribution in [-0.4, -0.2) is 41.3 Å². The number of hydrogen-bond acceptors (Lipinski definition) is 5. The second-order valence-corrected chi connectivity index (χ2v) is 4.06. The number of esters is 1. The Labute approximate surface area is 93.0 Å². The molecule has 88 valence electrons. The zero-order valence-corrected chi connectivity index (χ0v) is 9.12. The Morgan fingerprint density at radius 2 is 2.06 bits per heavy atom. The molecule has 0 saturated carbocycles. The van der Waals surface area contributed by atoms with Gasteiger partial charge in [-0.1, -0.05) is 12.2 Å². The van der Waals surface area contributed by atoms with Crippen molar-refractivity contribution >= 4 is 11.8 Å². The van der Waals surface area contributed by atoms with Crippen LogP contribution in [0.15, 0.2) is 12.2 Å². The molecule has 0 aromatic rings. The van der Waals surface area contributed by atoms with Gasteiger partial charge >= 0.3 is 5.97 Å². The van der Waals surface area contributed by atoms with Gasteiger partial charge in [-0.15, -0.1) is 0 Å². The SMILES string of the molecule is C/C=C/[C@@H]1O[C@H]2[C@H](C(=O)O[C@H]2C)C(=O)[C@H]1O. The first-order valence-corrected chi connectivity index (χ1v) is 5.27. The second kappa shape index (κ2) is 3.99. The molecule has 0 spiro atoms. The third-order valence-corrected chi connectivity index (χ3v) is 2.95. The lowest BCUT2D eigenvalue weighted by Gasteiger charge is -2.32. The van der Waals surface area contributed by atoms with Crippen molar-refractivity contribution in [1.29, 1.82) is 0 Å². The van der Waals surface area contributed by atoms with Gasteiger partial charge in [0.25, 0.3) is 0 Å². The van der Waals surface area contributed by atoms with Gasteiger partial charge in [-0.2, -0.15) is 0 Å². The van der Waals surface area contributed by atoms with Crippen LogP contribution in [0.4, 0.5) is 0 Å². The predicted octanol–water partition coefficient (Wildman–Crippen LogP) is -0.179. The summed E-state index contributed by atoms with van der Waals surface area (Å²) in [6.07, 6.45) is 0.315. The highest BCUT2D eigenvalue weighted by Gasteiger charge is 2.54. The maximum atomic E-state index is 11.8. The Morgan fingerprint density at radius 3 is 2.69 bits per heavy atom. The number of aliphatic hydroxyl groups is 1. The Hall–Kier alpha value is -1.20. The van der Waals surface area contributed by atoms with Crippen LogP contribution >= 0.6 is 0 Å². The van der Waals surface area contributed by atoms with Crippen molar-refractivity contribution in [3.63, 3.8) is 0 Å². The minimum Gasteiger partial charge on any atom is -0.459 e. The first kappa shape index (κ1) is 11.3. The summed E-state index contributed by atoms with van der Waals surface area (Å²) in [6.45, 7) is 3.45. The summed E-state index contributed by atoms with van der Waals surface area (Å²) in [5.74, 6) is -2.07. The molecule has 0 unspecified atom stereocenters. The number of carbonyl (C=O) groups is 2. The molecule has 0 aromatic carbocycles. The lowest BCUT2D eigenvalue weighted by Crippen LogP contribution is -2.52. The van der Waals surface area contributed by atoms with Crippen molar-refractivity contribution in [2.24, 2.45) is 5.92 Å². The molecule has 16 heavy (non-hydrogen) atoms. The van der Waals surface area contributed by atoms with Gasteiger partial charge in [-0.05, 0) is 13.8 Å². The first-order valence-electron chi connectivity index (χ1n) is 5.27. The van der Waals surface area contributed by atoms with Crippen molar-refractivity contribution in [3.05, 3.63) is 12.2 Å². The predicted molar refractivity (Wildman–Crippen MR) is 53.5 cm³/mol. The maximum Gasteiger partial charge on any atom is 0.319 e. The van der Waals surface area contributed by atoms with Crippen molar-refractivity contribution < 1.29 is 24.2 Å². The fourth-order valence-corrected chi connectivity index (χ4v) is 2.14. The van der Waals surface area contributed by atoms with E-state index >= 15 is 0 Å². The monoisotopic (exact) mass is 226 g/mol. The first-order chi connectivity index (χ1) is 7.56. The van der Waals surface area contributed by atoms with Gasteiger partial charge in [0, 0.05) is 0 Å². The summed E-state index contributed by atoms with van der Waals surface area (Å²) >= 11 is 0. The van der Waals surface area contributed by atoms with E-state index in [9.17, 15) is 14.7 Å². The van der Waals surface area contributed by atoms with Crippen molar-refractivity contribution in [1.82, 2.24) is 0 Å². The zero-order valence-electron chi connectivity index (χ0n) is 9.12. The number of carbonyl (C=O) groups excluding carboxylic acids is 2. The number of aliphatic hydroxyl groups excluding tert-OH is 1. The Balaban J connectivity index is 2.26. The molecule has 5 atom stereocenters. The number of fused-ring (bicyclic) bond motifs is 1. The molecule has 5 heteroatoms. The van der Waals surface area contributed by atoms with Crippen LogP contribution in [0.5, 0.6) is 0 Å². The number of Topliss-reactive ketones (excluding diaryl/α,β-unsaturated/α-hetero) is 1. The molecular weight excluding hydrogens is 212 g/mol. The highest BCUT2D eigenvalue weighted by molar-refractivity contribution is 6.04. The van der Waals surface area contributed by atoms with Gasteiger partial charge < -0.3 is 14.6 Å². The van der Waals surface area contributed by atoms with Crippen LogP contribution < -0.4 is 0 Å². The molecule has 0 aliphatic carbocycles. The summed E-state index contributed by atoms with van der Waals surface area (Å²) in [4.78, 5) is 23.2. The number of cyclic esters (lactones) is 1. The maximum absolute atomic E-state index is 11.8. The summed E-state index contributed by atoms with van der Waals surface area (Å²) < 4.78 is 10.4. The van der Waals surface area contributed by atoms with E-state index in [-0.39, 0.29) is 0 Å². The molecule has 2 saturated heterocycles. The largest absolute Gasteiger partial charge is 0.459 e. The molecule has 0 amide bonds. The molecule has 2 heterocycles. The lowest BCUT2D eigenvalue weighted by atomic mass is 9.88. The molecular formula is C11H14O5. The van der Waals surface area contributed by atoms with Crippen LogP contribution in [0.2, 0.25) is 0 Å². The number of ether oxygens (including phenoxy) is 2. The smallest absolute Gasteiger partial charge is 0.319 e. The Morgan fingerprint density at radius 1 is 1.38 bits per heavy atom. The second-order valence-electron chi connectivity index (χ2n) is 4.06. The lowest BCUT2D eigenvalue weighted by molar-refractivity contribution is -0.163. The van der Waals surface area contributed by atoms with E-state index in [1.807, 2.05) is 0 Å². The van der Waals surface area contributed by atoms with Crippen LogP contribution in [0.3, 0.4) is 0 Å². The van der Waals surface area contributed by atoms with Crippen LogP contribution in [0.1, 0.15) is 13.8 Å². The molecule has 5 nitrogen and oxygen atoms in total. The van der Waals surface area contributed by atoms with E-state index in [0.717, 1.165) is 0 Å². The molecule has 2 fully saturated rings. The fraction of sp³-hybridized carbons (Fsp3) is 0.636. The topological polar surface area (TPSA) is 72.8 Å². The minimum atomic E-state index is -1.28. The van der Waals surface area contributed by atoms with Gasteiger partial charge in [0.05, 0.1) is 0 Å². The van der Waals surface area contributed by atoms with E-state index in [2.05, 4.69) is 0 Å². The van der Waals surface area contributed by atoms with Gasteiger partial charge in [0.15, 0.2) is 5.78 Å². The quantitative estimate of drug-likeness (QED) is 0.381. The molecule has 0 aromatic heterocycles. The number of hydrogen-bond donors (Lipinski definition) is 1. The Bertz CT molecular complexity index is 348. The summed E-state index contributed by atoms with van der Waals surface area (Å²) in [5.41, 5.74) is 0. The summed E-state index contributed by atoms with van der Waals surface area (Å²) in [5, 5.41) is 9.69. The zero-order chi connectivity index (χ0) is 11.9. The molecule has 1 N–H and O–H groups in total. The molecule has 2 aliphatic rings. The fourth-order valence-electron chi connectivity index (χ4n) is 2.14. The van der Waals surface area contributed by atoms with Gasteiger partial charge in [0.2, 0.25) is 0 Å². The highest BCUT2D eigenvalue weighted by atomic mass is 16.6. The average Bonchev–Trinajstić information content (AvgIpc) is 2.50. The van der Waals surface area contributed by atoms with Crippen molar-refractivity contribution in [2.45, 2.75) is 38.3 Å². The highest BCUT2D eigenvalue weighted by Crippen LogP contribution is 2.33. The van der Waals surface area contributed by atoms with Gasteiger partial charge in [0.1, 0.15) is 30.3 Å². The standard InChI is InChI=1S/C11H14O5/c1-3-4-6-8(12)9(13)7-10(16-6)5(2)15-11(7)14/h3-8,10,12H,1-2H3/b4-3+/t5-,6-,7+,8-,10+/m0/s1. The van der Waals surface area contributed by atoms with E-state index in [1.54, 1.807) is 26.0 Å². The number of allylic oxidation sites excluding steroid dienone is 1. The van der Waals surface area contributed by atoms with E-state index < -0.39 is 42.1 Å².